The highest BCUT2D eigenvalue weighted by atomic mass is 127. The average Bonchev–Trinajstić information content (AvgIpc) is 2.18. The molecular weight excluding hydrogens is 404 g/mol. The van der Waals surface area contributed by atoms with Crippen LogP contribution in [0.2, 0.25) is 0 Å². The minimum Gasteiger partial charge on any atom is -0.377 e. The molecule has 86 valence electrons. The molecule has 0 amide bonds. The lowest BCUT2D eigenvalue weighted by atomic mass is 9.99. The Balaban J connectivity index is 4.84. The summed E-state index contributed by atoms with van der Waals surface area (Å²) in [6.07, 6.45) is 2.53. The van der Waals surface area contributed by atoms with E-state index in [1.807, 2.05) is 0 Å². The molecule has 0 aliphatic rings. The van der Waals surface area contributed by atoms with Gasteiger partial charge in [0.2, 0.25) is 0 Å². The standard InChI is InChI=1S/C10H21I2NO/c1-5-8(14-4)9(12-7-13)10(3,11)6-2/h8H,5-7,13H2,1-4H3/t8?,10-/m0/s1. The molecule has 0 fully saturated rings. The van der Waals surface area contributed by atoms with Crippen molar-refractivity contribution in [3.8, 4) is 0 Å². The smallest absolute Gasteiger partial charge is 0.0844 e. The van der Waals surface area contributed by atoms with Gasteiger partial charge in [-0.15, -0.1) is 20.7 Å². The molecule has 0 aromatic heterocycles. The number of hydrogen-bond acceptors (Lipinski definition) is 2. The predicted molar refractivity (Wildman–Crippen MR) is 81.9 cm³/mol. The molecule has 0 spiro atoms. The molecule has 2 atom stereocenters. The maximum atomic E-state index is 5.70. The second-order valence-electron chi connectivity index (χ2n) is 3.32. The minimum absolute atomic E-state index is 0.0251. The largest absolute Gasteiger partial charge is 0.377 e. The van der Waals surface area contributed by atoms with Gasteiger partial charge in [-0.25, -0.2) is 0 Å². The van der Waals surface area contributed by atoms with Crippen LogP contribution in [-0.4, -0.2) is 24.7 Å². The van der Waals surface area contributed by atoms with Gasteiger partial charge >= 0.3 is 0 Å². The van der Waals surface area contributed by atoms with Gasteiger partial charge in [-0.1, -0.05) is 36.4 Å². The first kappa shape index (κ1) is 15.2. The Morgan fingerprint density at radius 1 is 1.57 bits per heavy atom. The summed E-state index contributed by atoms with van der Waals surface area (Å²) in [5.41, 5.74) is 5.70. The van der Waals surface area contributed by atoms with E-state index in [0.29, 0.717) is 6.10 Å². The molecule has 0 aromatic carbocycles. The molecule has 0 aliphatic carbocycles. The van der Waals surface area contributed by atoms with E-state index in [1.54, 1.807) is 10.6 Å². The van der Waals surface area contributed by atoms with Gasteiger partial charge in [0.05, 0.1) is 6.10 Å². The van der Waals surface area contributed by atoms with E-state index in [2.05, 4.69) is 43.4 Å². The second-order valence-corrected chi connectivity index (χ2v) is 8.51. The first-order valence-corrected chi connectivity index (χ1v) is 8.60. The van der Waals surface area contributed by atoms with Crippen LogP contribution >= 0.6 is 43.3 Å². The molecule has 0 rings (SSSR count). The first-order chi connectivity index (χ1) is 6.53. The van der Waals surface area contributed by atoms with Crippen molar-refractivity contribution in [2.24, 2.45) is 5.73 Å². The molecule has 2 nitrogen and oxygen atoms in total. The number of methoxy groups -OCH3 is 1. The maximum absolute atomic E-state index is 5.70. The third kappa shape index (κ3) is 4.40. The average molecular weight is 425 g/mol. The summed E-state index contributed by atoms with van der Waals surface area (Å²) in [5, 5.41) is 0. The highest BCUT2D eigenvalue weighted by molar-refractivity contribution is 14.2. The normalized spacial score (nSPS) is 19.7. The maximum Gasteiger partial charge on any atom is 0.0844 e. The molecule has 14 heavy (non-hydrogen) atoms. The van der Waals surface area contributed by atoms with Crippen molar-refractivity contribution < 1.29 is 4.74 Å². The Kier molecular flexibility index (Phi) is 8.18. The quantitative estimate of drug-likeness (QED) is 0.404. The summed E-state index contributed by atoms with van der Waals surface area (Å²) in [6, 6.07) is 0. The molecule has 4 heteroatoms. The van der Waals surface area contributed by atoms with Gasteiger partial charge in [-0.05, 0) is 19.8 Å². The van der Waals surface area contributed by atoms with Crippen LogP contribution in [0.15, 0.2) is 0 Å². The van der Waals surface area contributed by atoms with Gasteiger partial charge in [-0.2, -0.15) is 0 Å². The zero-order chi connectivity index (χ0) is 11.2. The van der Waals surface area contributed by atoms with Crippen molar-refractivity contribution in [2.45, 2.75) is 43.1 Å². The summed E-state index contributed by atoms with van der Waals surface area (Å²) in [7, 11) is 1.80. The van der Waals surface area contributed by atoms with Gasteiger partial charge in [0.15, 0.2) is 0 Å². The highest BCUT2D eigenvalue weighted by Crippen LogP contribution is 2.31. The van der Waals surface area contributed by atoms with Gasteiger partial charge in [0.1, 0.15) is 0 Å². The van der Waals surface area contributed by atoms with Crippen LogP contribution in [0.3, 0.4) is 0 Å². The van der Waals surface area contributed by atoms with E-state index >= 15 is 0 Å². The van der Waals surface area contributed by atoms with E-state index < -0.39 is 0 Å². The molecule has 0 aliphatic heterocycles. The third-order valence-electron chi connectivity index (χ3n) is 2.32. The first-order valence-electron chi connectivity index (χ1n) is 4.91. The number of nitrogens with two attached hydrogens (primary N) is 1. The molecule has 0 saturated carbocycles. The summed E-state index contributed by atoms with van der Waals surface area (Å²) in [6.45, 7) is 6.70. The van der Waals surface area contributed by atoms with Crippen LogP contribution in [0.25, 0.3) is 0 Å². The summed E-state index contributed by atoms with van der Waals surface area (Å²) >= 11 is 2.52. The van der Waals surface area contributed by atoms with Gasteiger partial charge in [0.25, 0.3) is 0 Å². The Morgan fingerprint density at radius 3 is 2.43 bits per heavy atom. The van der Waals surface area contributed by atoms with E-state index in [-0.39, 0.29) is 24.2 Å². The van der Waals surface area contributed by atoms with E-state index in [0.717, 1.165) is 17.4 Å². The van der Waals surface area contributed by atoms with Crippen molar-refractivity contribution in [3.63, 3.8) is 0 Å². The Bertz CT molecular complexity index is 189. The Hall–Kier alpha value is 1.25. The molecule has 0 saturated heterocycles. The van der Waals surface area contributed by atoms with Crippen LogP contribution < -0.4 is 5.73 Å². The van der Waals surface area contributed by atoms with Crippen LogP contribution in [0.1, 0.15) is 33.6 Å². The van der Waals surface area contributed by atoms with Crippen LogP contribution in [0.5, 0.6) is 0 Å². The van der Waals surface area contributed by atoms with E-state index in [4.69, 9.17) is 10.5 Å². The van der Waals surface area contributed by atoms with E-state index in [9.17, 15) is 0 Å². The Morgan fingerprint density at radius 2 is 2.14 bits per heavy atom. The fourth-order valence-electron chi connectivity index (χ4n) is 1.26. The van der Waals surface area contributed by atoms with Crippen LogP contribution in [0.4, 0.5) is 0 Å². The molecule has 1 unspecified atom stereocenters. The zero-order valence-corrected chi connectivity index (χ0v) is 13.8. The fraction of sp³-hybridized carbons (Fsp3) is 0.900. The van der Waals surface area contributed by atoms with Crippen molar-refractivity contribution in [2.75, 3.05) is 11.7 Å². The molecule has 0 heterocycles. The Labute approximate surface area is 111 Å². The second kappa shape index (κ2) is 7.51. The van der Waals surface area contributed by atoms with Gasteiger partial charge in [0, 0.05) is 18.6 Å². The number of alkyl halides is 2. The van der Waals surface area contributed by atoms with Crippen molar-refractivity contribution in [1.29, 1.82) is 0 Å². The van der Waals surface area contributed by atoms with Gasteiger partial charge in [-0.3, -0.25) is 0 Å². The van der Waals surface area contributed by atoms with Crippen molar-refractivity contribution >= 4 is 46.8 Å². The van der Waals surface area contributed by atoms with Crippen LogP contribution in [-0.2, 0) is 4.74 Å². The molecule has 0 radical (unpaired) electrons. The topological polar surface area (TPSA) is 35.2 Å². The van der Waals surface area contributed by atoms with Crippen molar-refractivity contribution in [3.05, 3.63) is 0 Å². The lowest BCUT2D eigenvalue weighted by Gasteiger charge is -2.29. The van der Waals surface area contributed by atoms with Crippen LogP contribution in [0, 0.1) is 0 Å². The molecule has 2 N–H and O–H groups in total. The monoisotopic (exact) mass is 425 g/mol. The fourth-order valence-corrected chi connectivity index (χ4v) is 5.41. The van der Waals surface area contributed by atoms with Crippen molar-refractivity contribution in [1.82, 2.24) is 0 Å². The molecule has 0 aromatic rings. The lowest BCUT2D eigenvalue weighted by molar-refractivity contribution is 0.152. The highest BCUT2D eigenvalue weighted by Gasteiger charge is 2.29. The summed E-state index contributed by atoms with van der Waals surface area (Å²) in [5.74, 6) is 0. The lowest BCUT2D eigenvalue weighted by Crippen LogP contribution is -2.37. The predicted octanol–water partition coefficient (Wildman–Crippen LogP) is 3.07. The SMILES string of the molecule is CCC(OC)C(=ICN)[C@@](C)(I)CC. The van der Waals surface area contributed by atoms with Gasteiger partial charge < -0.3 is 10.5 Å². The number of rotatable bonds is 6. The molecule has 0 bridgehead atoms. The summed E-state index contributed by atoms with van der Waals surface area (Å²) in [4.78, 5) is 0. The minimum atomic E-state index is -0.0251. The molecular formula is C10H21I2NO. The number of halogens is 2. The zero-order valence-electron chi connectivity index (χ0n) is 9.44. The summed E-state index contributed by atoms with van der Waals surface area (Å²) < 4.78 is 8.19. The van der Waals surface area contributed by atoms with E-state index in [1.165, 1.54) is 0 Å². The third-order valence-corrected chi connectivity index (χ3v) is 7.84. The number of ether oxygens (including phenoxy) is 1. The number of hydrogen-bond donors (Lipinski definition) is 1.